The van der Waals surface area contributed by atoms with Crippen LogP contribution in [0, 0.1) is 6.92 Å². The minimum Gasteiger partial charge on any atom is -0.389 e. The molecule has 2 heterocycles. The summed E-state index contributed by atoms with van der Waals surface area (Å²) in [5, 5.41) is 4.16. The second-order valence-corrected chi connectivity index (χ2v) is 4.65. The van der Waals surface area contributed by atoms with Crippen molar-refractivity contribution in [3.05, 3.63) is 40.3 Å². The van der Waals surface area contributed by atoms with Crippen molar-refractivity contribution >= 4 is 33.1 Å². The minimum absolute atomic E-state index is 0.314. The van der Waals surface area contributed by atoms with E-state index in [1.165, 1.54) is 0 Å². The van der Waals surface area contributed by atoms with Gasteiger partial charge in [0, 0.05) is 11.9 Å². The van der Waals surface area contributed by atoms with Gasteiger partial charge in [-0.05, 0) is 35.0 Å². The van der Waals surface area contributed by atoms with Crippen LogP contribution in [0.1, 0.15) is 11.3 Å². The Morgan fingerprint density at radius 3 is 2.81 bits per heavy atom. The molecule has 0 aromatic carbocycles. The summed E-state index contributed by atoms with van der Waals surface area (Å²) in [6.45, 7) is 1.91. The second-order valence-electron chi connectivity index (χ2n) is 3.29. The van der Waals surface area contributed by atoms with Gasteiger partial charge in [0.05, 0.1) is 16.2 Å². The summed E-state index contributed by atoms with van der Waals surface area (Å²) < 4.78 is 2.52. The average molecular weight is 297 g/mol. The van der Waals surface area contributed by atoms with E-state index in [1.54, 1.807) is 10.9 Å². The van der Waals surface area contributed by atoms with Gasteiger partial charge in [-0.1, -0.05) is 12.2 Å². The van der Waals surface area contributed by atoms with E-state index in [9.17, 15) is 0 Å². The summed E-state index contributed by atoms with van der Waals surface area (Å²) >= 11 is 8.32. The summed E-state index contributed by atoms with van der Waals surface area (Å²) in [7, 11) is 0. The van der Waals surface area contributed by atoms with E-state index in [-0.39, 0.29) is 0 Å². The van der Waals surface area contributed by atoms with Crippen molar-refractivity contribution < 1.29 is 0 Å². The zero-order chi connectivity index (χ0) is 11.7. The van der Waals surface area contributed by atoms with Crippen LogP contribution in [0.25, 0.3) is 5.82 Å². The number of pyridine rings is 1. The molecule has 0 aliphatic rings. The van der Waals surface area contributed by atoms with E-state index >= 15 is 0 Å². The number of aromatic nitrogens is 3. The van der Waals surface area contributed by atoms with Crippen molar-refractivity contribution in [1.82, 2.24) is 14.8 Å². The minimum atomic E-state index is 0.314. The van der Waals surface area contributed by atoms with Crippen LogP contribution < -0.4 is 5.73 Å². The fourth-order valence-electron chi connectivity index (χ4n) is 1.33. The predicted octanol–water partition coefficient (Wildman–Crippen LogP) is 1.97. The van der Waals surface area contributed by atoms with Gasteiger partial charge in [-0.15, -0.1) is 0 Å². The molecule has 0 saturated carbocycles. The van der Waals surface area contributed by atoms with Crippen molar-refractivity contribution in [2.75, 3.05) is 0 Å². The highest BCUT2D eigenvalue weighted by atomic mass is 79.9. The standard InChI is InChI=1S/C10H9BrN4S/c1-6-2-3-8(9(12)16)10(14-6)15-5-7(11)4-13-15/h2-5H,1H3,(H2,12,16). The largest absolute Gasteiger partial charge is 0.389 e. The van der Waals surface area contributed by atoms with Crippen LogP contribution in [0.3, 0.4) is 0 Å². The van der Waals surface area contributed by atoms with E-state index in [0.29, 0.717) is 10.8 Å². The third-order valence-corrected chi connectivity index (χ3v) is 2.68. The van der Waals surface area contributed by atoms with Gasteiger partial charge >= 0.3 is 0 Å². The molecule has 6 heteroatoms. The summed E-state index contributed by atoms with van der Waals surface area (Å²) in [6, 6.07) is 3.73. The third-order valence-electron chi connectivity index (χ3n) is 2.05. The van der Waals surface area contributed by atoms with Gasteiger partial charge in [-0.25, -0.2) is 9.67 Å². The van der Waals surface area contributed by atoms with Crippen LogP contribution in [0.15, 0.2) is 29.0 Å². The van der Waals surface area contributed by atoms with Crippen molar-refractivity contribution in [1.29, 1.82) is 0 Å². The lowest BCUT2D eigenvalue weighted by atomic mass is 10.2. The highest BCUT2D eigenvalue weighted by Crippen LogP contribution is 2.15. The SMILES string of the molecule is Cc1ccc(C(N)=S)c(-n2cc(Br)cn2)n1. The lowest BCUT2D eigenvalue weighted by molar-refractivity contribution is 0.838. The van der Waals surface area contributed by atoms with Crippen molar-refractivity contribution in [2.24, 2.45) is 5.73 Å². The first-order valence-electron chi connectivity index (χ1n) is 4.56. The number of thiocarbonyl (C=S) groups is 1. The van der Waals surface area contributed by atoms with E-state index in [4.69, 9.17) is 18.0 Å². The maximum atomic E-state index is 5.65. The van der Waals surface area contributed by atoms with Crippen LogP contribution in [-0.2, 0) is 0 Å². The van der Waals surface area contributed by atoms with Crippen molar-refractivity contribution in [3.8, 4) is 5.82 Å². The highest BCUT2D eigenvalue weighted by molar-refractivity contribution is 9.10. The predicted molar refractivity (Wildman–Crippen MR) is 69.7 cm³/mol. The summed E-state index contributed by atoms with van der Waals surface area (Å²) in [6.07, 6.45) is 3.50. The average Bonchev–Trinajstić information content (AvgIpc) is 2.64. The zero-order valence-electron chi connectivity index (χ0n) is 8.51. The fraction of sp³-hybridized carbons (Fsp3) is 0.100. The topological polar surface area (TPSA) is 56.7 Å². The Labute approximate surface area is 107 Å². The molecule has 0 saturated heterocycles. The molecule has 0 aliphatic heterocycles. The maximum Gasteiger partial charge on any atom is 0.163 e. The molecule has 0 atom stereocenters. The molecule has 82 valence electrons. The van der Waals surface area contributed by atoms with E-state index in [1.807, 2.05) is 25.3 Å². The molecule has 0 aliphatic carbocycles. The molecule has 0 spiro atoms. The fourth-order valence-corrected chi connectivity index (χ4v) is 1.77. The quantitative estimate of drug-likeness (QED) is 0.861. The van der Waals surface area contributed by atoms with Crippen LogP contribution in [0.5, 0.6) is 0 Å². The number of nitrogens with zero attached hydrogens (tertiary/aromatic N) is 3. The van der Waals surface area contributed by atoms with Gasteiger partial charge in [-0.3, -0.25) is 0 Å². The Morgan fingerprint density at radius 1 is 1.50 bits per heavy atom. The number of hydrogen-bond donors (Lipinski definition) is 1. The first-order chi connectivity index (χ1) is 7.58. The Kier molecular flexibility index (Phi) is 3.02. The number of aryl methyl sites for hydroxylation is 1. The Balaban J connectivity index is 2.62. The van der Waals surface area contributed by atoms with Crippen LogP contribution in [-0.4, -0.2) is 19.8 Å². The molecule has 0 radical (unpaired) electrons. The number of nitrogens with two attached hydrogens (primary N) is 1. The lowest BCUT2D eigenvalue weighted by Crippen LogP contribution is -2.15. The molecule has 0 unspecified atom stereocenters. The Morgan fingerprint density at radius 2 is 2.25 bits per heavy atom. The van der Waals surface area contributed by atoms with E-state index in [0.717, 1.165) is 15.7 Å². The Hall–Kier alpha value is -1.27. The first kappa shape index (κ1) is 11.2. The molecule has 2 N–H and O–H groups in total. The van der Waals surface area contributed by atoms with Crippen LogP contribution >= 0.6 is 28.1 Å². The normalized spacial score (nSPS) is 10.4. The lowest BCUT2D eigenvalue weighted by Gasteiger charge is -2.07. The van der Waals surface area contributed by atoms with E-state index in [2.05, 4.69) is 26.0 Å². The second kappa shape index (κ2) is 4.31. The highest BCUT2D eigenvalue weighted by Gasteiger charge is 2.10. The molecule has 16 heavy (non-hydrogen) atoms. The van der Waals surface area contributed by atoms with Crippen LogP contribution in [0.2, 0.25) is 0 Å². The summed E-state index contributed by atoms with van der Waals surface area (Å²) in [5.41, 5.74) is 7.26. The number of rotatable bonds is 2. The Bertz CT molecular complexity index is 550. The van der Waals surface area contributed by atoms with Crippen LogP contribution in [0.4, 0.5) is 0 Å². The van der Waals surface area contributed by atoms with E-state index < -0.39 is 0 Å². The molecule has 0 bridgehead atoms. The molecule has 0 amide bonds. The summed E-state index contributed by atoms with van der Waals surface area (Å²) in [4.78, 5) is 4.70. The monoisotopic (exact) mass is 296 g/mol. The van der Waals surface area contributed by atoms with Gasteiger partial charge < -0.3 is 5.73 Å². The smallest absolute Gasteiger partial charge is 0.163 e. The number of hydrogen-bond acceptors (Lipinski definition) is 3. The van der Waals surface area contributed by atoms with Crippen molar-refractivity contribution in [2.45, 2.75) is 6.92 Å². The molecular weight excluding hydrogens is 288 g/mol. The zero-order valence-corrected chi connectivity index (χ0v) is 10.9. The van der Waals surface area contributed by atoms with Gasteiger partial charge in [0.25, 0.3) is 0 Å². The summed E-state index contributed by atoms with van der Waals surface area (Å²) in [5.74, 6) is 0.651. The van der Waals surface area contributed by atoms with Gasteiger partial charge in [0.2, 0.25) is 0 Å². The molecule has 2 aromatic rings. The molecular formula is C10H9BrN4S. The van der Waals surface area contributed by atoms with Crippen molar-refractivity contribution in [3.63, 3.8) is 0 Å². The number of halogens is 1. The first-order valence-corrected chi connectivity index (χ1v) is 5.76. The van der Waals surface area contributed by atoms with Gasteiger partial charge in [0.1, 0.15) is 4.99 Å². The maximum absolute atomic E-state index is 5.65. The van der Waals surface area contributed by atoms with Gasteiger partial charge in [-0.2, -0.15) is 5.10 Å². The third kappa shape index (κ3) is 2.12. The molecule has 4 nitrogen and oxygen atoms in total. The molecule has 0 fully saturated rings. The molecule has 2 aromatic heterocycles. The molecule has 2 rings (SSSR count). The van der Waals surface area contributed by atoms with Gasteiger partial charge in [0.15, 0.2) is 5.82 Å².